The van der Waals surface area contributed by atoms with Gasteiger partial charge < -0.3 is 10.1 Å². The summed E-state index contributed by atoms with van der Waals surface area (Å²) in [7, 11) is 1.67. The smallest absolute Gasteiger partial charge is 0.261 e. The minimum absolute atomic E-state index is 0.0329. The summed E-state index contributed by atoms with van der Waals surface area (Å²) in [6, 6.07) is 8.14. The molecule has 0 unspecified atom stereocenters. The van der Waals surface area contributed by atoms with Crippen molar-refractivity contribution in [3.05, 3.63) is 29.1 Å². The van der Waals surface area contributed by atoms with Crippen LogP contribution in [0, 0.1) is 5.92 Å². The lowest BCUT2D eigenvalue weighted by Gasteiger charge is -2.56. The van der Waals surface area contributed by atoms with Crippen molar-refractivity contribution in [2.45, 2.75) is 38.3 Å². The average molecular weight is 344 g/mol. The summed E-state index contributed by atoms with van der Waals surface area (Å²) in [6.07, 6.45) is 2.38. The molecule has 4 nitrogen and oxygen atoms in total. The quantitative estimate of drug-likeness (QED) is 0.926. The molecule has 5 rings (SSSR count). The second-order valence-electron chi connectivity index (χ2n) is 7.42. The molecular formula is C19H24N2O2S. The molecule has 1 aromatic heterocycles. The number of nitrogens with zero attached hydrogens (tertiary/aromatic N) is 1. The van der Waals surface area contributed by atoms with Crippen LogP contribution in [-0.4, -0.2) is 42.6 Å². The molecule has 128 valence electrons. The molecule has 0 aliphatic carbocycles. The van der Waals surface area contributed by atoms with E-state index in [9.17, 15) is 4.79 Å². The lowest BCUT2D eigenvalue weighted by atomic mass is 9.72. The van der Waals surface area contributed by atoms with Crippen molar-refractivity contribution < 1.29 is 9.53 Å². The van der Waals surface area contributed by atoms with Gasteiger partial charge in [0, 0.05) is 11.6 Å². The van der Waals surface area contributed by atoms with Gasteiger partial charge in [0.1, 0.15) is 5.75 Å². The maximum atomic E-state index is 12.9. The van der Waals surface area contributed by atoms with Gasteiger partial charge in [0.15, 0.2) is 0 Å². The molecule has 3 aliphatic rings. The number of hydrogen-bond donors (Lipinski definition) is 1. The first-order valence-corrected chi connectivity index (χ1v) is 9.45. The van der Waals surface area contributed by atoms with Crippen LogP contribution in [0.1, 0.15) is 36.4 Å². The van der Waals surface area contributed by atoms with E-state index in [1.54, 1.807) is 7.11 Å². The van der Waals surface area contributed by atoms with Crippen LogP contribution >= 0.6 is 11.3 Å². The van der Waals surface area contributed by atoms with Crippen LogP contribution in [0.3, 0.4) is 0 Å². The predicted octanol–water partition coefficient (Wildman–Crippen LogP) is 3.51. The van der Waals surface area contributed by atoms with E-state index in [0.717, 1.165) is 33.8 Å². The average Bonchev–Trinajstić information content (AvgIpc) is 3.02. The zero-order chi connectivity index (χ0) is 16.9. The number of fused-ring (bicyclic) bond motifs is 4. The van der Waals surface area contributed by atoms with Crippen LogP contribution < -0.4 is 10.1 Å². The van der Waals surface area contributed by atoms with E-state index >= 15 is 0 Å². The van der Waals surface area contributed by atoms with Gasteiger partial charge >= 0.3 is 0 Å². The molecule has 5 heteroatoms. The number of ether oxygens (including phenoxy) is 1. The first kappa shape index (κ1) is 15.9. The summed E-state index contributed by atoms with van der Waals surface area (Å²) in [6.45, 7) is 6.84. The van der Waals surface area contributed by atoms with Crippen LogP contribution in [0.2, 0.25) is 0 Å². The normalized spacial score (nSPS) is 28.0. The van der Waals surface area contributed by atoms with Crippen LogP contribution in [0.5, 0.6) is 5.75 Å². The summed E-state index contributed by atoms with van der Waals surface area (Å²) in [5.41, 5.74) is 0.0329. The van der Waals surface area contributed by atoms with E-state index in [2.05, 4.69) is 24.1 Å². The first-order valence-electron chi connectivity index (χ1n) is 8.63. The highest BCUT2D eigenvalue weighted by Crippen LogP contribution is 2.39. The van der Waals surface area contributed by atoms with E-state index in [4.69, 9.17) is 4.74 Å². The Morgan fingerprint density at radius 2 is 2.08 bits per heavy atom. The van der Waals surface area contributed by atoms with Crippen molar-refractivity contribution in [2.24, 2.45) is 5.92 Å². The second kappa shape index (κ2) is 5.74. The summed E-state index contributed by atoms with van der Waals surface area (Å²) in [4.78, 5) is 16.2. The Balaban J connectivity index is 1.60. The molecule has 1 atom stereocenters. The Morgan fingerprint density at radius 1 is 1.33 bits per heavy atom. The second-order valence-corrected chi connectivity index (χ2v) is 8.47. The highest BCUT2D eigenvalue weighted by atomic mass is 32.1. The van der Waals surface area contributed by atoms with E-state index in [0.29, 0.717) is 5.92 Å². The molecule has 2 bridgehead atoms. The SMILES string of the molecule is COc1cccc2cc(C(=O)N[C@H]3C4CCN(CC4)C3(C)C)sc12. The minimum atomic E-state index is 0.0329. The molecule has 1 aromatic carbocycles. The number of amides is 1. The lowest BCUT2D eigenvalue weighted by Crippen LogP contribution is -2.69. The van der Waals surface area contributed by atoms with Crippen molar-refractivity contribution in [2.75, 3.05) is 20.2 Å². The van der Waals surface area contributed by atoms with Gasteiger partial charge in [-0.05, 0) is 63.2 Å². The number of piperidine rings is 3. The number of methoxy groups -OCH3 is 1. The zero-order valence-electron chi connectivity index (χ0n) is 14.5. The van der Waals surface area contributed by atoms with Crippen LogP contribution in [0.4, 0.5) is 0 Å². The number of rotatable bonds is 3. The van der Waals surface area contributed by atoms with Gasteiger partial charge in [-0.15, -0.1) is 11.3 Å². The maximum Gasteiger partial charge on any atom is 0.261 e. The Labute approximate surface area is 146 Å². The van der Waals surface area contributed by atoms with E-state index in [1.165, 1.54) is 24.2 Å². The van der Waals surface area contributed by atoms with E-state index < -0.39 is 0 Å². The van der Waals surface area contributed by atoms with Crippen LogP contribution in [0.25, 0.3) is 10.1 Å². The van der Waals surface area contributed by atoms with Crippen molar-refractivity contribution in [1.82, 2.24) is 10.2 Å². The van der Waals surface area contributed by atoms with Gasteiger partial charge in [0.2, 0.25) is 0 Å². The first-order chi connectivity index (χ1) is 11.5. The van der Waals surface area contributed by atoms with Gasteiger partial charge in [0.05, 0.1) is 16.7 Å². The number of thiophene rings is 1. The van der Waals surface area contributed by atoms with Gasteiger partial charge in [-0.2, -0.15) is 0 Å². The highest BCUT2D eigenvalue weighted by Gasteiger charge is 2.48. The molecule has 24 heavy (non-hydrogen) atoms. The lowest BCUT2D eigenvalue weighted by molar-refractivity contribution is -0.0377. The minimum Gasteiger partial charge on any atom is -0.495 e. The molecule has 0 saturated carbocycles. The Hall–Kier alpha value is -1.59. The number of carbonyl (C=O) groups is 1. The van der Waals surface area contributed by atoms with Gasteiger partial charge in [-0.3, -0.25) is 9.69 Å². The third-order valence-corrected chi connectivity index (χ3v) is 6.99. The molecule has 3 aliphatic heterocycles. The van der Waals surface area contributed by atoms with Crippen LogP contribution in [-0.2, 0) is 0 Å². The van der Waals surface area contributed by atoms with E-state index in [1.807, 2.05) is 24.3 Å². The third kappa shape index (κ3) is 2.42. The molecule has 3 fully saturated rings. The zero-order valence-corrected chi connectivity index (χ0v) is 15.3. The Morgan fingerprint density at radius 3 is 2.75 bits per heavy atom. The molecule has 0 spiro atoms. The molecular weight excluding hydrogens is 320 g/mol. The molecule has 4 heterocycles. The molecule has 0 radical (unpaired) electrons. The fourth-order valence-corrected chi connectivity index (χ4v) is 5.45. The Kier molecular flexibility index (Phi) is 3.81. The van der Waals surface area contributed by atoms with Crippen molar-refractivity contribution in [3.63, 3.8) is 0 Å². The van der Waals surface area contributed by atoms with Crippen LogP contribution in [0.15, 0.2) is 24.3 Å². The maximum absolute atomic E-state index is 12.9. The number of benzene rings is 1. The van der Waals surface area contributed by atoms with E-state index in [-0.39, 0.29) is 17.5 Å². The van der Waals surface area contributed by atoms with Gasteiger partial charge in [-0.25, -0.2) is 0 Å². The largest absolute Gasteiger partial charge is 0.495 e. The van der Waals surface area contributed by atoms with Crippen molar-refractivity contribution in [1.29, 1.82) is 0 Å². The monoisotopic (exact) mass is 344 g/mol. The number of carbonyl (C=O) groups excluding carboxylic acids is 1. The topological polar surface area (TPSA) is 41.6 Å². The van der Waals surface area contributed by atoms with Crippen molar-refractivity contribution >= 4 is 27.3 Å². The number of nitrogens with one attached hydrogen (secondary N) is 1. The third-order valence-electron chi connectivity index (χ3n) is 5.83. The van der Waals surface area contributed by atoms with Gasteiger partial charge in [0.25, 0.3) is 5.91 Å². The fourth-order valence-electron chi connectivity index (χ4n) is 4.40. The summed E-state index contributed by atoms with van der Waals surface area (Å²) < 4.78 is 6.46. The molecule has 3 saturated heterocycles. The highest BCUT2D eigenvalue weighted by molar-refractivity contribution is 7.21. The molecule has 1 N–H and O–H groups in total. The fraction of sp³-hybridized carbons (Fsp3) is 0.526. The molecule has 1 amide bonds. The predicted molar refractivity (Wildman–Crippen MR) is 98.0 cm³/mol. The summed E-state index contributed by atoms with van der Waals surface area (Å²) in [5.74, 6) is 1.47. The van der Waals surface area contributed by atoms with Crippen molar-refractivity contribution in [3.8, 4) is 5.75 Å². The standard InChI is InChI=1S/C19H24N2O2S/c1-19(2)17(12-7-9-21(19)10-8-12)20-18(22)15-11-13-5-4-6-14(23-3)16(13)24-15/h4-6,11-12,17H,7-10H2,1-3H3,(H,20,22)/t17-/m0/s1. The number of hydrogen-bond acceptors (Lipinski definition) is 4. The Bertz CT molecular complexity index is 775. The summed E-state index contributed by atoms with van der Waals surface area (Å²) in [5, 5.41) is 4.41. The summed E-state index contributed by atoms with van der Waals surface area (Å²) >= 11 is 1.51. The molecule has 2 aromatic rings. The van der Waals surface area contributed by atoms with Gasteiger partial charge in [-0.1, -0.05) is 12.1 Å².